The highest BCUT2D eigenvalue weighted by Crippen LogP contribution is 2.72. The van der Waals surface area contributed by atoms with Gasteiger partial charge in [-0.25, -0.2) is 18.4 Å². The van der Waals surface area contributed by atoms with Crippen molar-refractivity contribution in [3.05, 3.63) is 23.8 Å². The monoisotopic (exact) mass is 764 g/mol. The Hall–Kier alpha value is -3.23. The Bertz CT molecular complexity index is 1610. The van der Waals surface area contributed by atoms with Crippen LogP contribution >= 0.6 is 0 Å². The lowest BCUT2D eigenvalue weighted by Crippen LogP contribution is -2.71. The van der Waals surface area contributed by atoms with Crippen LogP contribution in [0.5, 0.6) is 0 Å². The zero-order valence-electron chi connectivity index (χ0n) is 33.2. The van der Waals surface area contributed by atoms with Crippen molar-refractivity contribution < 1.29 is 56.8 Å². The summed E-state index contributed by atoms with van der Waals surface area (Å²) in [4.78, 5) is 66.3. The first kappa shape index (κ1) is 41.9. The molecule has 3 saturated carbocycles. The molecule has 0 aromatic rings. The molecule has 1 heterocycles. The molecule has 0 aromatic heterocycles. The summed E-state index contributed by atoms with van der Waals surface area (Å²) in [5.74, 6) is -4.47. The number of ketones is 2. The molecular formula is C40H58F2N2O10. The Labute approximate surface area is 316 Å². The molecule has 0 spiro atoms. The molecule has 1 aliphatic heterocycles. The van der Waals surface area contributed by atoms with E-state index < -0.39 is 112 Å². The number of aliphatic hydroxyl groups is 1. The number of hydrogen-bond acceptors (Lipinski definition) is 10. The number of Topliss-reactive ketones (excluding diaryl/α,β-unsaturated/α-hetero) is 1. The van der Waals surface area contributed by atoms with Crippen LogP contribution in [0.4, 0.5) is 13.6 Å². The van der Waals surface area contributed by atoms with Gasteiger partial charge in [0.2, 0.25) is 11.7 Å². The predicted octanol–water partition coefficient (Wildman–Crippen LogP) is 5.14. The predicted molar refractivity (Wildman–Crippen MR) is 192 cm³/mol. The van der Waals surface area contributed by atoms with Gasteiger partial charge >= 0.3 is 12.1 Å². The van der Waals surface area contributed by atoms with E-state index in [-0.39, 0.29) is 37.2 Å². The van der Waals surface area contributed by atoms with Crippen LogP contribution in [0.15, 0.2) is 23.8 Å². The summed E-state index contributed by atoms with van der Waals surface area (Å²) in [5.41, 5.74) is -9.47. The minimum Gasteiger partial charge on any atom is -0.456 e. The molecule has 5 rings (SSSR count). The molecule has 11 atom stereocenters. The number of fused-ring (bicyclic) bond motifs is 7. The van der Waals surface area contributed by atoms with Gasteiger partial charge in [0.1, 0.15) is 23.4 Å². The first-order valence-electron chi connectivity index (χ1n) is 19.2. The zero-order valence-corrected chi connectivity index (χ0v) is 33.2. The van der Waals surface area contributed by atoms with E-state index in [9.17, 15) is 29.1 Å². The third kappa shape index (κ3) is 6.93. The second-order valence-corrected chi connectivity index (χ2v) is 18.2. The molecule has 4 fully saturated rings. The number of aliphatic hydroxyl groups excluding tert-OH is 1. The molecule has 302 valence electrons. The standard InChI is InChI=1S/C40H58F2N2O10/c1-11-12-31-52-30-18-23-24-17-26(41)25-16-22(45)13-14-37(25,9)39(24,42)28(46)19-38(23,10)40(30,53-31)29(47)20-51-33(49)36(7,8)44-32(48)27(15-21(2)3)43-34(50)54-35(4,5)6/h13-14,16,21,23-24,26-28,30-31,46H,11-12,15,17-20H2,1-10H3,(H,43,50)(H,44,48)/t23-,24-,26-,27-,28-,30+,31?,37-,38-,39-,40+/m0/s1. The smallest absolute Gasteiger partial charge is 0.408 e. The van der Waals surface area contributed by atoms with Crippen LogP contribution in [-0.2, 0) is 38.1 Å². The van der Waals surface area contributed by atoms with Crippen LogP contribution in [0.25, 0.3) is 0 Å². The van der Waals surface area contributed by atoms with Gasteiger partial charge in [0.25, 0.3) is 0 Å². The van der Waals surface area contributed by atoms with Crippen LogP contribution in [0.1, 0.15) is 108 Å². The average molecular weight is 765 g/mol. The summed E-state index contributed by atoms with van der Waals surface area (Å²) in [6, 6.07) is -1.04. The van der Waals surface area contributed by atoms with Crippen molar-refractivity contribution in [2.75, 3.05) is 6.61 Å². The largest absolute Gasteiger partial charge is 0.456 e. The highest BCUT2D eigenvalue weighted by molar-refractivity contribution is 6.01. The van der Waals surface area contributed by atoms with Crippen LogP contribution in [-0.4, -0.2) is 94.4 Å². The van der Waals surface area contributed by atoms with E-state index in [2.05, 4.69) is 10.6 Å². The summed E-state index contributed by atoms with van der Waals surface area (Å²) in [6.07, 6.45) is -1.22. The normalized spacial score (nSPS) is 37.7. The number of carbonyl (C=O) groups is 5. The van der Waals surface area contributed by atoms with Crippen molar-refractivity contribution in [1.29, 1.82) is 0 Å². The molecule has 54 heavy (non-hydrogen) atoms. The van der Waals surface area contributed by atoms with E-state index in [0.717, 1.165) is 6.08 Å². The maximum Gasteiger partial charge on any atom is 0.408 e. The fourth-order valence-electron chi connectivity index (χ4n) is 9.90. The molecular weight excluding hydrogens is 706 g/mol. The second kappa shape index (κ2) is 14.4. The van der Waals surface area contributed by atoms with Crippen molar-refractivity contribution in [2.45, 2.75) is 161 Å². The van der Waals surface area contributed by atoms with Crippen LogP contribution < -0.4 is 10.6 Å². The number of ether oxygens (including phenoxy) is 4. The van der Waals surface area contributed by atoms with Gasteiger partial charge in [-0.15, -0.1) is 0 Å². The molecule has 2 amide bonds. The number of alkyl halides is 2. The maximum atomic E-state index is 17.8. The van der Waals surface area contributed by atoms with Gasteiger partial charge in [0, 0.05) is 16.7 Å². The fourth-order valence-corrected chi connectivity index (χ4v) is 9.90. The number of nitrogens with one attached hydrogen (secondary N) is 2. The Morgan fingerprint density at radius 3 is 2.37 bits per heavy atom. The van der Waals surface area contributed by atoms with Gasteiger partial charge in [0.15, 0.2) is 29.9 Å². The topological polar surface area (TPSA) is 167 Å². The van der Waals surface area contributed by atoms with Gasteiger partial charge in [-0.1, -0.05) is 40.2 Å². The van der Waals surface area contributed by atoms with Gasteiger partial charge < -0.3 is 34.7 Å². The Morgan fingerprint density at radius 1 is 1.09 bits per heavy atom. The molecule has 3 N–H and O–H groups in total. The summed E-state index contributed by atoms with van der Waals surface area (Å²) < 4.78 is 57.5. The number of amides is 2. The number of halogens is 2. The van der Waals surface area contributed by atoms with E-state index in [1.807, 2.05) is 20.8 Å². The number of allylic oxidation sites excluding steroid dienone is 4. The van der Waals surface area contributed by atoms with Crippen molar-refractivity contribution in [3.8, 4) is 0 Å². The van der Waals surface area contributed by atoms with Crippen molar-refractivity contribution in [2.24, 2.45) is 28.6 Å². The average Bonchev–Trinajstić information content (AvgIpc) is 3.52. The highest BCUT2D eigenvalue weighted by atomic mass is 19.1. The minimum absolute atomic E-state index is 0.00587. The SMILES string of the molecule is CCCC1O[C@@H]2C[C@H]3[C@@H]4C[C@H](F)C5=CC(=O)C=C[C@]5(C)[C@@]4(F)[C@@H](O)C[C@]3(C)[C@]2(C(=O)COC(=O)C(C)(C)NC(=O)[C@H](CC(C)C)NC(=O)OC(C)(C)C)O1. The van der Waals surface area contributed by atoms with Crippen LogP contribution in [0.3, 0.4) is 0 Å². The van der Waals surface area contributed by atoms with Gasteiger partial charge in [-0.05, 0) is 103 Å². The summed E-state index contributed by atoms with van der Waals surface area (Å²) in [5, 5.41) is 17.0. The Balaban J connectivity index is 1.38. The molecule has 5 aliphatic rings. The van der Waals surface area contributed by atoms with Gasteiger partial charge in [-0.3, -0.25) is 14.4 Å². The van der Waals surface area contributed by atoms with Crippen molar-refractivity contribution in [3.63, 3.8) is 0 Å². The molecule has 4 aliphatic carbocycles. The van der Waals surface area contributed by atoms with Gasteiger partial charge in [0.05, 0.1) is 12.2 Å². The number of hydrogen-bond donors (Lipinski definition) is 3. The fraction of sp³-hybridized carbons (Fsp3) is 0.775. The van der Waals surface area contributed by atoms with E-state index in [1.165, 1.54) is 32.9 Å². The van der Waals surface area contributed by atoms with E-state index in [4.69, 9.17) is 18.9 Å². The Kier molecular flexibility index (Phi) is 11.2. The summed E-state index contributed by atoms with van der Waals surface area (Å²) in [6.45, 7) is 16.0. The molecule has 0 aromatic carbocycles. The maximum absolute atomic E-state index is 17.8. The first-order chi connectivity index (χ1) is 24.9. The number of carbonyl (C=O) groups excluding carboxylic acids is 5. The van der Waals surface area contributed by atoms with Crippen LogP contribution in [0, 0.1) is 28.6 Å². The molecule has 14 heteroatoms. The number of rotatable bonds is 11. The quantitative estimate of drug-likeness (QED) is 0.240. The molecule has 0 bridgehead atoms. The highest BCUT2D eigenvalue weighted by Gasteiger charge is 2.80. The lowest BCUT2D eigenvalue weighted by Gasteiger charge is -2.63. The molecule has 1 saturated heterocycles. The van der Waals surface area contributed by atoms with Gasteiger partial charge in [-0.2, -0.15) is 0 Å². The van der Waals surface area contributed by atoms with Crippen LogP contribution in [0.2, 0.25) is 0 Å². The van der Waals surface area contributed by atoms with Crippen molar-refractivity contribution in [1.82, 2.24) is 10.6 Å². The first-order valence-corrected chi connectivity index (χ1v) is 19.2. The summed E-state index contributed by atoms with van der Waals surface area (Å²) >= 11 is 0. The second-order valence-electron chi connectivity index (χ2n) is 18.2. The Morgan fingerprint density at radius 2 is 1.76 bits per heavy atom. The zero-order chi connectivity index (χ0) is 40.4. The van der Waals surface area contributed by atoms with E-state index >= 15 is 8.78 Å². The number of alkyl carbamates (subject to hydrolysis) is 1. The van der Waals surface area contributed by atoms with E-state index in [1.54, 1.807) is 27.7 Å². The van der Waals surface area contributed by atoms with E-state index in [0.29, 0.717) is 12.8 Å². The lowest BCUT2D eigenvalue weighted by atomic mass is 9.44. The van der Waals surface area contributed by atoms with Crippen molar-refractivity contribution >= 4 is 29.5 Å². The summed E-state index contributed by atoms with van der Waals surface area (Å²) in [7, 11) is 0. The molecule has 1 unspecified atom stereocenters. The third-order valence-corrected chi connectivity index (χ3v) is 12.4. The molecule has 0 radical (unpaired) electrons. The number of esters is 1. The third-order valence-electron chi connectivity index (χ3n) is 12.4. The lowest BCUT2D eigenvalue weighted by molar-refractivity contribution is -0.235. The molecule has 12 nitrogen and oxygen atoms in total. The minimum atomic E-state index is -2.37.